The van der Waals surface area contributed by atoms with Crippen molar-refractivity contribution in [2.45, 2.75) is 57.5 Å². The molecular weight excluding hydrogens is 582 g/mol. The number of non-ortho nitro benzene ring substituents is 1. The molecule has 2 heterocycles. The number of nitrogens with zero attached hydrogens (tertiary/aromatic N) is 2. The number of hydrogen-bond acceptors (Lipinski definition) is 8. The molecule has 0 amide bonds. The van der Waals surface area contributed by atoms with Crippen LogP contribution in [0.4, 0.5) is 5.69 Å². The third-order valence-electron chi connectivity index (χ3n) is 9.29. The first kappa shape index (κ1) is 32.6. The van der Waals surface area contributed by atoms with Gasteiger partial charge in [-0.15, -0.1) is 0 Å². The Morgan fingerprint density at radius 3 is 2.13 bits per heavy atom. The molecule has 240 valence electrons. The molecule has 2 atom stereocenters. The number of carbonyl (C=O) groups excluding carboxylic acids is 2. The van der Waals surface area contributed by atoms with Gasteiger partial charge >= 0.3 is 11.9 Å². The molecule has 9 nitrogen and oxygen atoms in total. The van der Waals surface area contributed by atoms with Crippen molar-refractivity contribution in [1.29, 1.82) is 0 Å². The van der Waals surface area contributed by atoms with Gasteiger partial charge < -0.3 is 14.8 Å². The van der Waals surface area contributed by atoms with Crippen LogP contribution in [0, 0.1) is 10.1 Å². The fraction of sp³-hybridized carbons (Fsp3) is 0.351. The highest BCUT2D eigenvalue weighted by atomic mass is 16.6. The van der Waals surface area contributed by atoms with Gasteiger partial charge in [-0.25, -0.2) is 9.59 Å². The van der Waals surface area contributed by atoms with Crippen molar-refractivity contribution in [2.24, 2.45) is 0 Å². The second kappa shape index (κ2) is 14.1. The fourth-order valence-corrected chi connectivity index (χ4v) is 6.82. The van der Waals surface area contributed by atoms with Crippen molar-refractivity contribution in [3.05, 3.63) is 134 Å². The quantitative estimate of drug-likeness (QED) is 0.144. The summed E-state index contributed by atoms with van der Waals surface area (Å²) in [5.74, 6) is -1.83. The second-order valence-corrected chi connectivity index (χ2v) is 12.1. The average Bonchev–Trinajstić information content (AvgIpc) is 3.48. The van der Waals surface area contributed by atoms with Crippen LogP contribution in [0.1, 0.15) is 68.6 Å². The molecule has 0 saturated carbocycles. The van der Waals surface area contributed by atoms with Gasteiger partial charge in [0.15, 0.2) is 0 Å². The van der Waals surface area contributed by atoms with E-state index in [0.717, 1.165) is 19.5 Å². The Labute approximate surface area is 270 Å². The number of methoxy groups -OCH3 is 1. The number of dihydropyridines is 1. The molecule has 0 aromatic heterocycles. The van der Waals surface area contributed by atoms with E-state index in [-0.39, 0.29) is 22.8 Å². The number of carbonyl (C=O) groups is 2. The van der Waals surface area contributed by atoms with Crippen LogP contribution in [-0.4, -0.2) is 54.1 Å². The van der Waals surface area contributed by atoms with Gasteiger partial charge in [0.25, 0.3) is 5.69 Å². The summed E-state index contributed by atoms with van der Waals surface area (Å²) in [4.78, 5) is 40.7. The second-order valence-electron chi connectivity index (χ2n) is 12.1. The van der Waals surface area contributed by atoms with Crippen LogP contribution in [0.5, 0.6) is 0 Å². The van der Waals surface area contributed by atoms with Gasteiger partial charge in [0, 0.05) is 49.0 Å². The van der Waals surface area contributed by atoms with Crippen molar-refractivity contribution in [3.63, 3.8) is 0 Å². The maximum absolute atomic E-state index is 14.2. The third kappa shape index (κ3) is 6.89. The number of nitro groups is 1. The van der Waals surface area contributed by atoms with Crippen LogP contribution in [0.25, 0.3) is 0 Å². The molecule has 46 heavy (non-hydrogen) atoms. The first-order valence-corrected chi connectivity index (χ1v) is 15.7. The molecule has 1 fully saturated rings. The molecule has 1 N–H and O–H groups in total. The maximum Gasteiger partial charge on any atom is 0.337 e. The summed E-state index contributed by atoms with van der Waals surface area (Å²) in [5.41, 5.74) is 3.63. The van der Waals surface area contributed by atoms with E-state index in [1.807, 2.05) is 19.1 Å². The Balaban J connectivity index is 1.38. The summed E-state index contributed by atoms with van der Waals surface area (Å²) in [5, 5.41) is 14.8. The molecule has 3 aromatic carbocycles. The highest BCUT2D eigenvalue weighted by Gasteiger charge is 2.44. The van der Waals surface area contributed by atoms with Gasteiger partial charge in [-0.3, -0.25) is 15.0 Å². The van der Waals surface area contributed by atoms with Crippen LogP contribution in [0.3, 0.4) is 0 Å². The van der Waals surface area contributed by atoms with Crippen molar-refractivity contribution >= 4 is 17.6 Å². The fourth-order valence-electron chi connectivity index (χ4n) is 6.82. The number of likely N-dealkylation sites (tertiary alicyclic amines) is 1. The lowest BCUT2D eigenvalue weighted by atomic mass is 9.80. The van der Waals surface area contributed by atoms with Crippen molar-refractivity contribution < 1.29 is 24.0 Å². The minimum Gasteiger partial charge on any atom is -0.466 e. The van der Waals surface area contributed by atoms with E-state index < -0.39 is 28.4 Å². The SMILES string of the molecule is CC[C@]1(OC(=O)C2=C(C)NC(C)=C(C(=O)OC)[C@@H]2c2cccc([N+](=O)[O-])c2)CCN(CCC(c2ccccc2)c2ccccc2)C1. The summed E-state index contributed by atoms with van der Waals surface area (Å²) < 4.78 is 11.5. The smallest absolute Gasteiger partial charge is 0.337 e. The van der Waals surface area contributed by atoms with E-state index in [4.69, 9.17) is 9.47 Å². The van der Waals surface area contributed by atoms with Crippen LogP contribution in [0.15, 0.2) is 107 Å². The Morgan fingerprint density at radius 1 is 0.957 bits per heavy atom. The number of ether oxygens (including phenoxy) is 2. The molecule has 5 rings (SSSR count). The zero-order valence-electron chi connectivity index (χ0n) is 26.8. The summed E-state index contributed by atoms with van der Waals surface area (Å²) in [7, 11) is 1.27. The summed E-state index contributed by atoms with van der Waals surface area (Å²) in [6.07, 6.45) is 2.21. The molecule has 2 aliphatic rings. The number of rotatable bonds is 11. The van der Waals surface area contributed by atoms with Crippen molar-refractivity contribution in [1.82, 2.24) is 10.2 Å². The van der Waals surface area contributed by atoms with E-state index in [1.54, 1.807) is 26.0 Å². The molecule has 0 spiro atoms. The molecule has 1 saturated heterocycles. The molecular formula is C37H41N3O6. The van der Waals surface area contributed by atoms with E-state index in [1.165, 1.54) is 30.4 Å². The monoisotopic (exact) mass is 623 g/mol. The zero-order chi connectivity index (χ0) is 32.8. The highest BCUT2D eigenvalue weighted by molar-refractivity contribution is 6.00. The number of nitrogens with one attached hydrogen (secondary N) is 1. The highest BCUT2D eigenvalue weighted by Crippen LogP contribution is 2.42. The van der Waals surface area contributed by atoms with Crippen LogP contribution in [0.2, 0.25) is 0 Å². The Hall–Kier alpha value is -4.76. The van der Waals surface area contributed by atoms with E-state index >= 15 is 0 Å². The number of benzene rings is 3. The standard InChI is InChI=1S/C37H41N3O6/c1-5-37(20-22-39(24-37)21-19-31(27-13-8-6-9-14-27)28-15-10-7-11-16-28)46-36(42)33-26(3)38-25(2)32(35(41)45-4)34(33)29-17-12-18-30(23-29)40(43)44/h6-18,23,31,34,38H,5,19-22,24H2,1-4H3/t34-,37-/m0/s1. The number of esters is 2. The summed E-state index contributed by atoms with van der Waals surface area (Å²) in [6.45, 7) is 7.71. The molecule has 9 heteroatoms. The Morgan fingerprint density at radius 2 is 1.57 bits per heavy atom. The van der Waals surface area contributed by atoms with Gasteiger partial charge in [0.2, 0.25) is 0 Å². The van der Waals surface area contributed by atoms with Crippen LogP contribution >= 0.6 is 0 Å². The normalized spacial score (nSPS) is 20.1. The van der Waals surface area contributed by atoms with Crippen LogP contribution in [-0.2, 0) is 19.1 Å². The molecule has 2 aliphatic heterocycles. The largest absolute Gasteiger partial charge is 0.466 e. The average molecular weight is 624 g/mol. The van der Waals surface area contributed by atoms with E-state index in [9.17, 15) is 19.7 Å². The minimum absolute atomic E-state index is 0.135. The van der Waals surface area contributed by atoms with Gasteiger partial charge in [0.1, 0.15) is 5.60 Å². The number of allylic oxidation sites excluding steroid dienone is 2. The lowest BCUT2D eigenvalue weighted by Gasteiger charge is -2.34. The Bertz CT molecular complexity index is 1610. The topological polar surface area (TPSA) is 111 Å². The first-order chi connectivity index (χ1) is 22.2. The summed E-state index contributed by atoms with van der Waals surface area (Å²) >= 11 is 0. The third-order valence-corrected chi connectivity index (χ3v) is 9.29. The van der Waals surface area contributed by atoms with Crippen LogP contribution < -0.4 is 5.32 Å². The molecule has 3 aromatic rings. The maximum atomic E-state index is 14.2. The van der Waals surface area contributed by atoms with Crippen molar-refractivity contribution in [3.8, 4) is 0 Å². The number of hydrogen-bond donors (Lipinski definition) is 1. The number of nitro benzene ring substituents is 1. The van der Waals surface area contributed by atoms with Crippen molar-refractivity contribution in [2.75, 3.05) is 26.7 Å². The molecule has 0 unspecified atom stereocenters. The van der Waals surface area contributed by atoms with E-state index in [2.05, 4.69) is 58.7 Å². The molecule has 0 aliphatic carbocycles. The minimum atomic E-state index is -0.898. The van der Waals surface area contributed by atoms with Gasteiger partial charge in [-0.1, -0.05) is 79.7 Å². The predicted octanol–water partition coefficient (Wildman–Crippen LogP) is 6.62. The van der Waals surface area contributed by atoms with Gasteiger partial charge in [-0.05, 0) is 49.9 Å². The van der Waals surface area contributed by atoms with Gasteiger partial charge in [-0.2, -0.15) is 0 Å². The Kier molecular flexibility index (Phi) is 10.0. The van der Waals surface area contributed by atoms with Gasteiger partial charge in [0.05, 0.1) is 29.1 Å². The lowest BCUT2D eigenvalue weighted by Crippen LogP contribution is -2.40. The molecule has 0 radical (unpaired) electrons. The van der Waals surface area contributed by atoms with E-state index in [0.29, 0.717) is 36.3 Å². The predicted molar refractivity (Wildman–Crippen MR) is 176 cm³/mol. The summed E-state index contributed by atoms with van der Waals surface area (Å²) in [6, 6.07) is 27.1. The molecule has 0 bridgehead atoms. The first-order valence-electron chi connectivity index (χ1n) is 15.7. The lowest BCUT2D eigenvalue weighted by molar-refractivity contribution is -0.384. The zero-order valence-corrected chi connectivity index (χ0v) is 26.8.